The van der Waals surface area contributed by atoms with Crippen molar-refractivity contribution >= 4 is 11.6 Å². The molecule has 0 fully saturated rings. The molecule has 19 heavy (non-hydrogen) atoms. The monoisotopic (exact) mass is 260 g/mol. The first kappa shape index (κ1) is 13.1. The SMILES string of the molecule is CCCOc1cccc(Nc2nnc(C)c(=O)[nH]2)c1. The molecule has 1 aromatic heterocycles. The standard InChI is InChI=1S/C13H16N4O2/c1-3-7-19-11-6-4-5-10(8-11)14-13-15-12(18)9(2)16-17-13/h4-6,8H,3,7H2,1-2H3,(H2,14,15,17,18). The number of benzene rings is 1. The molecular weight excluding hydrogens is 244 g/mol. The lowest BCUT2D eigenvalue weighted by Crippen LogP contribution is -2.15. The molecule has 0 aliphatic heterocycles. The molecule has 0 unspecified atom stereocenters. The van der Waals surface area contributed by atoms with Gasteiger partial charge in [-0.3, -0.25) is 9.78 Å². The van der Waals surface area contributed by atoms with E-state index in [0.29, 0.717) is 18.2 Å². The van der Waals surface area contributed by atoms with Gasteiger partial charge in [-0.05, 0) is 25.5 Å². The van der Waals surface area contributed by atoms with Crippen molar-refractivity contribution in [1.82, 2.24) is 15.2 Å². The van der Waals surface area contributed by atoms with Gasteiger partial charge in [0.2, 0.25) is 5.95 Å². The van der Waals surface area contributed by atoms with E-state index in [2.05, 4.69) is 27.4 Å². The molecule has 0 spiro atoms. The predicted octanol–water partition coefficient (Wildman–Crippen LogP) is 2.01. The number of aromatic nitrogens is 3. The lowest BCUT2D eigenvalue weighted by molar-refractivity contribution is 0.317. The number of aryl methyl sites for hydroxylation is 1. The minimum absolute atomic E-state index is 0.254. The van der Waals surface area contributed by atoms with Gasteiger partial charge in [0.15, 0.2) is 0 Å². The van der Waals surface area contributed by atoms with Gasteiger partial charge in [-0.15, -0.1) is 10.2 Å². The van der Waals surface area contributed by atoms with Crippen LogP contribution in [0.15, 0.2) is 29.1 Å². The van der Waals surface area contributed by atoms with Crippen LogP contribution in [0, 0.1) is 6.92 Å². The van der Waals surface area contributed by atoms with Gasteiger partial charge < -0.3 is 10.1 Å². The average molecular weight is 260 g/mol. The first-order valence-electron chi connectivity index (χ1n) is 6.12. The fourth-order valence-corrected chi connectivity index (χ4v) is 1.47. The summed E-state index contributed by atoms with van der Waals surface area (Å²) >= 11 is 0. The van der Waals surface area contributed by atoms with E-state index in [0.717, 1.165) is 17.9 Å². The van der Waals surface area contributed by atoms with Gasteiger partial charge in [0.05, 0.1) is 6.61 Å². The third-order valence-corrected chi connectivity index (χ3v) is 2.43. The fourth-order valence-electron chi connectivity index (χ4n) is 1.47. The zero-order valence-corrected chi connectivity index (χ0v) is 10.9. The van der Waals surface area contributed by atoms with Crippen LogP contribution in [0.1, 0.15) is 19.0 Å². The van der Waals surface area contributed by atoms with Gasteiger partial charge in [-0.1, -0.05) is 13.0 Å². The molecule has 6 heteroatoms. The van der Waals surface area contributed by atoms with Crippen molar-refractivity contribution in [1.29, 1.82) is 0 Å². The number of nitrogens with one attached hydrogen (secondary N) is 2. The Balaban J connectivity index is 2.13. The molecular formula is C13H16N4O2. The molecule has 6 nitrogen and oxygen atoms in total. The summed E-state index contributed by atoms with van der Waals surface area (Å²) in [6.07, 6.45) is 0.953. The molecule has 2 N–H and O–H groups in total. The van der Waals surface area contributed by atoms with Crippen LogP contribution >= 0.6 is 0 Å². The number of H-pyrrole nitrogens is 1. The van der Waals surface area contributed by atoms with Crippen LogP contribution in [-0.4, -0.2) is 21.8 Å². The molecule has 0 bridgehead atoms. The van der Waals surface area contributed by atoms with Crippen molar-refractivity contribution in [3.63, 3.8) is 0 Å². The summed E-state index contributed by atoms with van der Waals surface area (Å²) in [6.45, 7) is 4.33. The van der Waals surface area contributed by atoms with E-state index < -0.39 is 0 Å². The van der Waals surface area contributed by atoms with Crippen molar-refractivity contribution in [2.75, 3.05) is 11.9 Å². The fraction of sp³-hybridized carbons (Fsp3) is 0.308. The second-order valence-electron chi connectivity index (χ2n) is 4.09. The Labute approximate surface area is 110 Å². The molecule has 0 atom stereocenters. The lowest BCUT2D eigenvalue weighted by Gasteiger charge is -2.08. The maximum absolute atomic E-state index is 11.4. The number of anilines is 2. The second kappa shape index (κ2) is 5.99. The molecule has 0 saturated heterocycles. The molecule has 1 heterocycles. The normalized spacial score (nSPS) is 10.2. The van der Waals surface area contributed by atoms with Crippen LogP contribution in [0.4, 0.5) is 11.6 Å². The molecule has 2 aromatic rings. The van der Waals surface area contributed by atoms with E-state index >= 15 is 0 Å². The Morgan fingerprint density at radius 3 is 2.95 bits per heavy atom. The largest absolute Gasteiger partial charge is 0.494 e. The summed E-state index contributed by atoms with van der Waals surface area (Å²) in [5.41, 5.74) is 0.865. The Morgan fingerprint density at radius 2 is 2.21 bits per heavy atom. The first-order chi connectivity index (χ1) is 9.19. The van der Waals surface area contributed by atoms with Crippen LogP contribution in [0.25, 0.3) is 0 Å². The van der Waals surface area contributed by atoms with Crippen LogP contribution in [0.2, 0.25) is 0 Å². The van der Waals surface area contributed by atoms with Crippen molar-refractivity contribution in [2.45, 2.75) is 20.3 Å². The summed E-state index contributed by atoms with van der Waals surface area (Å²) in [4.78, 5) is 14.0. The van der Waals surface area contributed by atoms with Crippen LogP contribution in [0.3, 0.4) is 0 Å². The van der Waals surface area contributed by atoms with E-state index in [-0.39, 0.29) is 5.56 Å². The Bertz CT molecular complexity index is 610. The van der Waals surface area contributed by atoms with Crippen molar-refractivity contribution in [3.8, 4) is 5.75 Å². The van der Waals surface area contributed by atoms with E-state index in [1.807, 2.05) is 24.3 Å². The first-order valence-corrected chi connectivity index (χ1v) is 6.12. The molecule has 100 valence electrons. The molecule has 0 aliphatic carbocycles. The summed E-state index contributed by atoms with van der Waals surface area (Å²) in [6, 6.07) is 7.45. The summed E-state index contributed by atoms with van der Waals surface area (Å²) in [5.74, 6) is 1.08. The highest BCUT2D eigenvalue weighted by molar-refractivity contribution is 5.55. The zero-order chi connectivity index (χ0) is 13.7. The Hall–Kier alpha value is -2.37. The van der Waals surface area contributed by atoms with Crippen molar-refractivity contribution in [2.24, 2.45) is 0 Å². The minimum Gasteiger partial charge on any atom is -0.494 e. The number of ether oxygens (including phenoxy) is 1. The molecule has 0 aliphatic rings. The van der Waals surface area contributed by atoms with Gasteiger partial charge in [0.1, 0.15) is 11.4 Å². The number of aromatic amines is 1. The van der Waals surface area contributed by atoms with Crippen LogP contribution < -0.4 is 15.6 Å². The highest BCUT2D eigenvalue weighted by atomic mass is 16.5. The molecule has 0 saturated carbocycles. The number of rotatable bonds is 5. The molecule has 0 radical (unpaired) electrons. The maximum Gasteiger partial charge on any atom is 0.273 e. The van der Waals surface area contributed by atoms with Gasteiger partial charge in [0.25, 0.3) is 5.56 Å². The zero-order valence-electron chi connectivity index (χ0n) is 10.9. The van der Waals surface area contributed by atoms with Gasteiger partial charge in [0, 0.05) is 11.8 Å². The van der Waals surface area contributed by atoms with Crippen molar-refractivity contribution < 1.29 is 4.74 Å². The van der Waals surface area contributed by atoms with E-state index in [1.54, 1.807) is 6.92 Å². The Kier molecular flexibility index (Phi) is 4.12. The summed E-state index contributed by atoms with van der Waals surface area (Å²) in [5, 5.41) is 10.6. The van der Waals surface area contributed by atoms with E-state index in [9.17, 15) is 4.79 Å². The van der Waals surface area contributed by atoms with Crippen LogP contribution in [0.5, 0.6) is 5.75 Å². The Morgan fingerprint density at radius 1 is 1.37 bits per heavy atom. The third kappa shape index (κ3) is 3.54. The number of hydrogen-bond donors (Lipinski definition) is 2. The lowest BCUT2D eigenvalue weighted by atomic mass is 10.3. The summed E-state index contributed by atoms with van der Waals surface area (Å²) in [7, 11) is 0. The van der Waals surface area contributed by atoms with Gasteiger partial charge >= 0.3 is 0 Å². The number of hydrogen-bond acceptors (Lipinski definition) is 5. The van der Waals surface area contributed by atoms with E-state index in [4.69, 9.17) is 4.74 Å². The smallest absolute Gasteiger partial charge is 0.273 e. The second-order valence-corrected chi connectivity index (χ2v) is 4.09. The van der Waals surface area contributed by atoms with Gasteiger partial charge in [-0.25, -0.2) is 0 Å². The topological polar surface area (TPSA) is 79.9 Å². The molecule has 1 aromatic carbocycles. The average Bonchev–Trinajstić information content (AvgIpc) is 2.41. The number of nitrogens with zero attached hydrogens (tertiary/aromatic N) is 2. The van der Waals surface area contributed by atoms with Crippen LogP contribution in [-0.2, 0) is 0 Å². The summed E-state index contributed by atoms with van der Waals surface area (Å²) < 4.78 is 5.53. The predicted molar refractivity (Wildman–Crippen MR) is 72.9 cm³/mol. The minimum atomic E-state index is -0.254. The molecule has 2 rings (SSSR count). The maximum atomic E-state index is 11.4. The quantitative estimate of drug-likeness (QED) is 0.859. The van der Waals surface area contributed by atoms with E-state index in [1.165, 1.54) is 0 Å². The third-order valence-electron chi connectivity index (χ3n) is 2.43. The highest BCUT2D eigenvalue weighted by Gasteiger charge is 2.02. The molecule has 0 amide bonds. The van der Waals surface area contributed by atoms with Gasteiger partial charge in [-0.2, -0.15) is 0 Å². The van der Waals surface area contributed by atoms with Crippen molar-refractivity contribution in [3.05, 3.63) is 40.3 Å². The highest BCUT2D eigenvalue weighted by Crippen LogP contribution is 2.19.